The zero-order valence-electron chi connectivity index (χ0n) is 20.2. The number of hydrogen-bond acceptors (Lipinski definition) is 7. The molecule has 0 spiro atoms. The highest BCUT2D eigenvalue weighted by atomic mass is 32.2. The van der Waals surface area contributed by atoms with Crippen LogP contribution in [0.15, 0.2) is 59.8 Å². The second-order valence-electron chi connectivity index (χ2n) is 8.84. The Kier molecular flexibility index (Phi) is 7.32. The minimum Gasteiger partial charge on any atom is -0.383 e. The Morgan fingerprint density at radius 3 is 2.49 bits per heavy atom. The Morgan fingerprint density at radius 2 is 1.80 bits per heavy atom. The van der Waals surface area contributed by atoms with Crippen molar-refractivity contribution >= 4 is 23.2 Å². The third kappa shape index (κ3) is 4.91. The number of nitrogens with zero attached hydrogens (tertiary/aromatic N) is 4. The number of fused-ring (bicyclic) bond motifs is 1. The zero-order chi connectivity index (χ0) is 24.2. The highest BCUT2D eigenvalue weighted by Gasteiger charge is 2.28. The largest absolute Gasteiger partial charge is 0.383 e. The maximum absolute atomic E-state index is 6.62. The standard InChI is InChI=1S/C27H31N5O2S/c1-33-14-15-34-21-11-8-19(9-12-21)24-25(35-2)26(28)32-27(31-24)22(17-30-32)20-10-13-23(29-16-20)18-6-4-3-5-7-18/h3-7,10,13,16-17,19,21H,8-9,11-12,14-15,28H2,1-2H3. The lowest BCUT2D eigenvalue weighted by atomic mass is 9.85. The molecule has 1 fully saturated rings. The Hall–Kier alpha value is -2.94. The van der Waals surface area contributed by atoms with Gasteiger partial charge in [-0.25, -0.2) is 4.98 Å². The number of nitrogens with two attached hydrogens (primary N) is 1. The minimum atomic E-state index is 0.292. The van der Waals surface area contributed by atoms with Crippen molar-refractivity contribution in [2.24, 2.45) is 0 Å². The molecule has 0 aliphatic heterocycles. The number of hydrogen-bond donors (Lipinski definition) is 1. The van der Waals surface area contributed by atoms with E-state index >= 15 is 0 Å². The topological polar surface area (TPSA) is 87.6 Å². The number of aromatic nitrogens is 4. The Labute approximate surface area is 210 Å². The van der Waals surface area contributed by atoms with E-state index in [2.05, 4.69) is 29.6 Å². The summed E-state index contributed by atoms with van der Waals surface area (Å²) in [6, 6.07) is 14.3. The van der Waals surface area contributed by atoms with E-state index in [0.29, 0.717) is 31.1 Å². The van der Waals surface area contributed by atoms with Gasteiger partial charge in [-0.3, -0.25) is 4.98 Å². The first-order valence-electron chi connectivity index (χ1n) is 12.0. The van der Waals surface area contributed by atoms with Crippen LogP contribution in [-0.4, -0.2) is 52.3 Å². The summed E-state index contributed by atoms with van der Waals surface area (Å²) < 4.78 is 12.8. The predicted molar refractivity (Wildman–Crippen MR) is 141 cm³/mol. The second kappa shape index (κ2) is 10.8. The summed E-state index contributed by atoms with van der Waals surface area (Å²) in [5.74, 6) is 1.00. The van der Waals surface area contributed by atoms with Crippen LogP contribution in [0, 0.1) is 0 Å². The van der Waals surface area contributed by atoms with Gasteiger partial charge in [0.2, 0.25) is 0 Å². The molecular weight excluding hydrogens is 458 g/mol. The second-order valence-corrected chi connectivity index (χ2v) is 9.66. The van der Waals surface area contributed by atoms with Gasteiger partial charge in [0, 0.05) is 35.9 Å². The monoisotopic (exact) mass is 489 g/mol. The van der Waals surface area contributed by atoms with Gasteiger partial charge in [0.25, 0.3) is 0 Å². The van der Waals surface area contributed by atoms with Gasteiger partial charge in [0.15, 0.2) is 5.65 Å². The summed E-state index contributed by atoms with van der Waals surface area (Å²) >= 11 is 1.64. The van der Waals surface area contributed by atoms with Crippen LogP contribution in [0.2, 0.25) is 0 Å². The van der Waals surface area contributed by atoms with Crippen LogP contribution in [0.1, 0.15) is 37.3 Å². The van der Waals surface area contributed by atoms with Gasteiger partial charge in [-0.05, 0) is 38.0 Å². The van der Waals surface area contributed by atoms with Crippen molar-refractivity contribution < 1.29 is 9.47 Å². The number of methoxy groups -OCH3 is 1. The van der Waals surface area contributed by atoms with Crippen LogP contribution < -0.4 is 5.73 Å². The molecule has 8 heteroatoms. The van der Waals surface area contributed by atoms with Gasteiger partial charge in [0.05, 0.1) is 41.8 Å². The Morgan fingerprint density at radius 1 is 1.00 bits per heavy atom. The molecule has 182 valence electrons. The SMILES string of the molecule is COCCOC1CCC(c2nc3c(-c4ccc(-c5ccccc5)nc4)cnn3c(N)c2SC)CC1. The number of nitrogen functional groups attached to an aromatic ring is 1. The van der Waals surface area contributed by atoms with Gasteiger partial charge in [-0.1, -0.05) is 36.4 Å². The van der Waals surface area contributed by atoms with Crippen LogP contribution in [0.25, 0.3) is 28.0 Å². The zero-order valence-corrected chi connectivity index (χ0v) is 21.0. The maximum atomic E-state index is 6.62. The highest BCUT2D eigenvalue weighted by Crippen LogP contribution is 2.40. The molecule has 0 radical (unpaired) electrons. The Bertz CT molecular complexity index is 1270. The first-order valence-corrected chi connectivity index (χ1v) is 13.3. The molecule has 35 heavy (non-hydrogen) atoms. The molecule has 0 unspecified atom stereocenters. The molecule has 1 aliphatic rings. The van der Waals surface area contributed by atoms with E-state index in [9.17, 15) is 0 Å². The van der Waals surface area contributed by atoms with Crippen molar-refractivity contribution in [3.63, 3.8) is 0 Å². The molecule has 0 saturated heterocycles. The Balaban J connectivity index is 1.44. The molecule has 0 bridgehead atoms. The lowest BCUT2D eigenvalue weighted by Crippen LogP contribution is -2.23. The summed E-state index contributed by atoms with van der Waals surface area (Å²) in [6.07, 6.45) is 10.2. The molecule has 1 aliphatic carbocycles. The predicted octanol–water partition coefficient (Wildman–Crippen LogP) is 5.45. The molecule has 7 nitrogen and oxygen atoms in total. The first-order chi connectivity index (χ1) is 17.2. The van der Waals surface area contributed by atoms with Crippen LogP contribution in [-0.2, 0) is 9.47 Å². The number of benzene rings is 1. The van der Waals surface area contributed by atoms with E-state index in [4.69, 9.17) is 25.2 Å². The van der Waals surface area contributed by atoms with Crippen molar-refractivity contribution in [3.05, 3.63) is 60.6 Å². The fraction of sp³-hybridized carbons (Fsp3) is 0.370. The van der Waals surface area contributed by atoms with Crippen molar-refractivity contribution in [1.82, 2.24) is 19.6 Å². The van der Waals surface area contributed by atoms with E-state index in [1.54, 1.807) is 23.4 Å². The molecule has 3 aromatic heterocycles. The fourth-order valence-electron chi connectivity index (χ4n) is 4.84. The van der Waals surface area contributed by atoms with Gasteiger partial charge in [-0.15, -0.1) is 11.8 Å². The summed E-state index contributed by atoms with van der Waals surface area (Å²) in [7, 11) is 1.70. The van der Waals surface area contributed by atoms with Crippen molar-refractivity contribution in [3.8, 4) is 22.4 Å². The van der Waals surface area contributed by atoms with E-state index in [0.717, 1.165) is 64.3 Å². The number of ether oxygens (including phenoxy) is 2. The average molecular weight is 490 g/mol. The van der Waals surface area contributed by atoms with E-state index in [1.807, 2.05) is 36.7 Å². The molecule has 5 rings (SSSR count). The van der Waals surface area contributed by atoms with Crippen molar-refractivity contribution in [2.75, 3.05) is 32.3 Å². The summed E-state index contributed by atoms with van der Waals surface area (Å²) in [6.45, 7) is 1.28. The van der Waals surface area contributed by atoms with Crippen LogP contribution in [0.3, 0.4) is 0 Å². The van der Waals surface area contributed by atoms with E-state index in [-0.39, 0.29) is 0 Å². The van der Waals surface area contributed by atoms with Gasteiger partial charge < -0.3 is 15.2 Å². The average Bonchev–Trinajstić information content (AvgIpc) is 3.34. The van der Waals surface area contributed by atoms with Gasteiger partial charge >= 0.3 is 0 Å². The van der Waals surface area contributed by atoms with E-state index in [1.165, 1.54) is 0 Å². The quantitative estimate of drug-likeness (QED) is 0.260. The number of rotatable bonds is 8. The van der Waals surface area contributed by atoms with E-state index < -0.39 is 0 Å². The smallest absolute Gasteiger partial charge is 0.165 e. The van der Waals surface area contributed by atoms with Gasteiger partial charge in [0.1, 0.15) is 5.82 Å². The molecule has 0 atom stereocenters. The minimum absolute atomic E-state index is 0.292. The van der Waals surface area contributed by atoms with Crippen LogP contribution >= 0.6 is 11.8 Å². The van der Waals surface area contributed by atoms with Crippen LogP contribution in [0.4, 0.5) is 5.82 Å². The molecule has 1 saturated carbocycles. The molecule has 4 aromatic rings. The number of thioether (sulfide) groups is 1. The summed E-state index contributed by atoms with van der Waals surface area (Å²) in [5, 5.41) is 4.58. The highest BCUT2D eigenvalue weighted by molar-refractivity contribution is 7.98. The molecule has 2 N–H and O–H groups in total. The van der Waals surface area contributed by atoms with Crippen molar-refractivity contribution in [1.29, 1.82) is 0 Å². The normalized spacial score (nSPS) is 18.2. The molecular formula is C27H31N5O2S. The third-order valence-corrected chi connectivity index (χ3v) is 7.54. The summed E-state index contributed by atoms with van der Waals surface area (Å²) in [4.78, 5) is 10.9. The summed E-state index contributed by atoms with van der Waals surface area (Å²) in [5.41, 5.74) is 12.4. The lowest BCUT2D eigenvalue weighted by molar-refractivity contribution is -0.00307. The molecule has 0 amide bonds. The maximum Gasteiger partial charge on any atom is 0.165 e. The molecule has 3 heterocycles. The van der Waals surface area contributed by atoms with Crippen LogP contribution in [0.5, 0.6) is 0 Å². The van der Waals surface area contributed by atoms with Crippen molar-refractivity contribution in [2.45, 2.75) is 42.6 Å². The first kappa shape index (κ1) is 23.8. The lowest BCUT2D eigenvalue weighted by Gasteiger charge is -2.29. The number of anilines is 1. The molecule has 1 aromatic carbocycles. The third-order valence-electron chi connectivity index (χ3n) is 6.71. The fourth-order valence-corrected chi connectivity index (χ4v) is 5.56. The number of pyridine rings is 1. The van der Waals surface area contributed by atoms with Gasteiger partial charge in [-0.2, -0.15) is 9.61 Å².